The molecule has 6 nitrogen and oxygen atoms in total. The largest absolute Gasteiger partial charge is 0.361 e. The van der Waals surface area contributed by atoms with Crippen LogP contribution in [0.15, 0.2) is 10.6 Å². The number of nitrogens with zero attached hydrogens (tertiary/aromatic N) is 2. The van der Waals surface area contributed by atoms with Crippen molar-refractivity contribution in [2.45, 2.75) is 32.2 Å². The third-order valence-corrected chi connectivity index (χ3v) is 3.12. The first-order valence-corrected chi connectivity index (χ1v) is 6.05. The molecule has 1 aromatic rings. The average Bonchev–Trinajstić information content (AvgIpc) is 2.97. The fourth-order valence-electron chi connectivity index (χ4n) is 2.25. The molecule has 1 fully saturated rings. The number of aromatic nitrogens is 1. The number of likely N-dealkylation sites (tertiary alicyclic amines) is 1. The number of amides is 2. The Labute approximate surface area is 105 Å². The van der Waals surface area contributed by atoms with E-state index in [1.165, 1.54) is 0 Å². The topological polar surface area (TPSA) is 75.4 Å². The van der Waals surface area contributed by atoms with E-state index in [0.29, 0.717) is 12.3 Å². The molecule has 1 aromatic heterocycles. The Hall–Kier alpha value is -1.85. The van der Waals surface area contributed by atoms with E-state index in [9.17, 15) is 9.59 Å². The molecule has 2 rings (SSSR count). The summed E-state index contributed by atoms with van der Waals surface area (Å²) in [5.41, 5.74) is 0.752. The van der Waals surface area contributed by atoms with E-state index in [2.05, 4.69) is 10.5 Å². The maximum Gasteiger partial charge on any atom is 0.242 e. The molecule has 0 spiro atoms. The van der Waals surface area contributed by atoms with E-state index in [0.717, 1.165) is 18.5 Å². The van der Waals surface area contributed by atoms with E-state index in [4.69, 9.17) is 4.52 Å². The zero-order valence-electron chi connectivity index (χ0n) is 10.6. The first-order valence-electron chi connectivity index (χ1n) is 6.05. The van der Waals surface area contributed by atoms with E-state index in [-0.39, 0.29) is 24.3 Å². The first-order chi connectivity index (χ1) is 8.61. The molecule has 1 unspecified atom stereocenters. The molecule has 0 radical (unpaired) electrons. The van der Waals surface area contributed by atoms with Crippen molar-refractivity contribution in [1.29, 1.82) is 0 Å². The Kier molecular flexibility index (Phi) is 3.64. The van der Waals surface area contributed by atoms with Gasteiger partial charge in [-0.2, -0.15) is 0 Å². The van der Waals surface area contributed by atoms with Crippen molar-refractivity contribution in [3.63, 3.8) is 0 Å². The number of nitrogens with one attached hydrogen (secondary N) is 1. The fraction of sp³-hybridized carbons (Fsp3) is 0.583. The predicted molar refractivity (Wildman–Crippen MR) is 63.7 cm³/mol. The average molecular weight is 251 g/mol. The van der Waals surface area contributed by atoms with Gasteiger partial charge >= 0.3 is 0 Å². The van der Waals surface area contributed by atoms with Gasteiger partial charge in [-0.15, -0.1) is 0 Å². The van der Waals surface area contributed by atoms with Crippen LogP contribution in [-0.4, -0.2) is 41.5 Å². The van der Waals surface area contributed by atoms with Gasteiger partial charge in [-0.25, -0.2) is 0 Å². The second kappa shape index (κ2) is 5.20. The standard InChI is InChI=1S/C12H17N3O3/c1-8-6-9(18-14-8)7-11(16)15-5-3-4-10(15)12(17)13-2/h6,10H,3-5,7H2,1-2H3,(H,13,17). The van der Waals surface area contributed by atoms with Crippen LogP contribution in [0.25, 0.3) is 0 Å². The van der Waals surface area contributed by atoms with Crippen molar-refractivity contribution < 1.29 is 14.1 Å². The van der Waals surface area contributed by atoms with Crippen molar-refractivity contribution in [3.05, 3.63) is 17.5 Å². The minimum Gasteiger partial charge on any atom is -0.361 e. The lowest BCUT2D eigenvalue weighted by molar-refractivity contribution is -0.138. The minimum atomic E-state index is -0.341. The van der Waals surface area contributed by atoms with Gasteiger partial charge in [-0.05, 0) is 19.8 Å². The molecule has 0 aliphatic carbocycles. The molecule has 0 bridgehead atoms. The van der Waals surface area contributed by atoms with Crippen LogP contribution in [0.5, 0.6) is 0 Å². The zero-order chi connectivity index (χ0) is 13.1. The number of carbonyl (C=O) groups excluding carboxylic acids is 2. The molecule has 1 N–H and O–H groups in total. The van der Waals surface area contributed by atoms with Gasteiger partial charge in [0.2, 0.25) is 11.8 Å². The second-order valence-electron chi connectivity index (χ2n) is 4.47. The van der Waals surface area contributed by atoms with Crippen LogP contribution in [0.2, 0.25) is 0 Å². The summed E-state index contributed by atoms with van der Waals surface area (Å²) >= 11 is 0. The van der Waals surface area contributed by atoms with Crippen molar-refractivity contribution in [2.75, 3.05) is 13.6 Å². The summed E-state index contributed by atoms with van der Waals surface area (Å²) in [4.78, 5) is 25.4. The molecule has 1 aliphatic heterocycles. The summed E-state index contributed by atoms with van der Waals surface area (Å²) in [6.45, 7) is 2.44. The van der Waals surface area contributed by atoms with E-state index < -0.39 is 0 Å². The molecule has 0 saturated carbocycles. The number of rotatable bonds is 3. The molecule has 18 heavy (non-hydrogen) atoms. The van der Waals surface area contributed by atoms with E-state index >= 15 is 0 Å². The summed E-state index contributed by atoms with van der Waals surface area (Å²) in [6.07, 6.45) is 1.74. The number of hydrogen-bond acceptors (Lipinski definition) is 4. The highest BCUT2D eigenvalue weighted by Gasteiger charge is 2.33. The lowest BCUT2D eigenvalue weighted by Gasteiger charge is -2.22. The van der Waals surface area contributed by atoms with Gasteiger partial charge in [0.15, 0.2) is 0 Å². The predicted octanol–water partition coefficient (Wildman–Crippen LogP) is 0.263. The van der Waals surface area contributed by atoms with Crippen LogP contribution in [0.4, 0.5) is 0 Å². The van der Waals surface area contributed by atoms with Crippen LogP contribution in [0, 0.1) is 6.92 Å². The van der Waals surface area contributed by atoms with Crippen molar-refractivity contribution in [3.8, 4) is 0 Å². The molecule has 6 heteroatoms. The third-order valence-electron chi connectivity index (χ3n) is 3.12. The van der Waals surface area contributed by atoms with Crippen LogP contribution in [-0.2, 0) is 16.0 Å². The van der Waals surface area contributed by atoms with Crippen LogP contribution in [0.3, 0.4) is 0 Å². The van der Waals surface area contributed by atoms with Gasteiger partial charge in [0.25, 0.3) is 0 Å². The van der Waals surface area contributed by atoms with E-state index in [1.807, 2.05) is 0 Å². The van der Waals surface area contributed by atoms with Gasteiger partial charge in [-0.1, -0.05) is 5.16 Å². The lowest BCUT2D eigenvalue weighted by atomic mass is 10.2. The van der Waals surface area contributed by atoms with Crippen molar-refractivity contribution in [2.24, 2.45) is 0 Å². The van der Waals surface area contributed by atoms with Gasteiger partial charge in [0.1, 0.15) is 11.8 Å². The summed E-state index contributed by atoms with van der Waals surface area (Å²) in [7, 11) is 1.59. The number of carbonyl (C=O) groups is 2. The van der Waals surface area contributed by atoms with Crippen LogP contribution >= 0.6 is 0 Å². The maximum atomic E-state index is 12.1. The molecule has 2 amide bonds. The molecular formula is C12H17N3O3. The zero-order valence-corrected chi connectivity index (χ0v) is 10.6. The van der Waals surface area contributed by atoms with Crippen molar-refractivity contribution >= 4 is 11.8 Å². The molecule has 2 heterocycles. The highest BCUT2D eigenvalue weighted by Crippen LogP contribution is 2.19. The van der Waals surface area contributed by atoms with Crippen LogP contribution < -0.4 is 5.32 Å². The lowest BCUT2D eigenvalue weighted by Crippen LogP contribution is -2.45. The third kappa shape index (κ3) is 2.52. The molecule has 1 atom stereocenters. The van der Waals surface area contributed by atoms with Gasteiger partial charge in [0.05, 0.1) is 12.1 Å². The quantitative estimate of drug-likeness (QED) is 0.836. The molecular weight excluding hydrogens is 234 g/mol. The Morgan fingerprint density at radius 3 is 3.00 bits per heavy atom. The first kappa shape index (κ1) is 12.6. The summed E-state index contributed by atoms with van der Waals surface area (Å²) < 4.78 is 5.02. The second-order valence-corrected chi connectivity index (χ2v) is 4.47. The Morgan fingerprint density at radius 1 is 1.61 bits per heavy atom. The number of hydrogen-bond donors (Lipinski definition) is 1. The minimum absolute atomic E-state index is 0.0859. The molecule has 98 valence electrons. The van der Waals surface area contributed by atoms with Crippen LogP contribution in [0.1, 0.15) is 24.3 Å². The monoisotopic (exact) mass is 251 g/mol. The Balaban J connectivity index is 2.02. The maximum absolute atomic E-state index is 12.1. The molecule has 1 saturated heterocycles. The van der Waals surface area contributed by atoms with E-state index in [1.54, 1.807) is 24.9 Å². The summed E-state index contributed by atoms with van der Waals surface area (Å²) in [5.74, 6) is 0.354. The Bertz CT molecular complexity index is 455. The van der Waals surface area contributed by atoms with Gasteiger partial charge < -0.3 is 14.7 Å². The normalized spacial score (nSPS) is 19.0. The molecule has 1 aliphatic rings. The highest BCUT2D eigenvalue weighted by atomic mass is 16.5. The smallest absolute Gasteiger partial charge is 0.242 e. The summed E-state index contributed by atoms with van der Waals surface area (Å²) in [5, 5.41) is 6.33. The Morgan fingerprint density at radius 2 is 2.39 bits per heavy atom. The van der Waals surface area contributed by atoms with Gasteiger partial charge in [-0.3, -0.25) is 9.59 Å². The fourth-order valence-corrected chi connectivity index (χ4v) is 2.25. The SMILES string of the molecule is CNC(=O)C1CCCN1C(=O)Cc1cc(C)no1. The highest BCUT2D eigenvalue weighted by molar-refractivity contribution is 5.88. The summed E-state index contributed by atoms with van der Waals surface area (Å²) in [6, 6.07) is 1.40. The van der Waals surface area contributed by atoms with Gasteiger partial charge in [0, 0.05) is 19.7 Å². The number of likely N-dealkylation sites (N-methyl/N-ethyl adjacent to an activating group) is 1. The van der Waals surface area contributed by atoms with Crippen molar-refractivity contribution in [1.82, 2.24) is 15.4 Å². The number of aryl methyl sites for hydroxylation is 1. The molecule has 0 aromatic carbocycles.